The zero-order valence-electron chi connectivity index (χ0n) is 6.54. The van der Waals surface area contributed by atoms with E-state index in [0.29, 0.717) is 17.6 Å². The first-order chi connectivity index (χ1) is 5.33. The molecular weight excluding hydrogens is 180 g/mol. The van der Waals surface area contributed by atoms with Crippen LogP contribution in [0, 0.1) is 0 Å². The second-order valence-electron chi connectivity index (χ2n) is 2.18. The first-order valence-electron chi connectivity index (χ1n) is 3.71. The molecule has 0 unspecified atom stereocenters. The van der Waals surface area contributed by atoms with Crippen molar-refractivity contribution in [2.75, 3.05) is 18.1 Å². The summed E-state index contributed by atoms with van der Waals surface area (Å²) >= 11 is 3.72. The third kappa shape index (κ3) is 3.38. The van der Waals surface area contributed by atoms with Crippen LogP contribution in [-0.4, -0.2) is 28.7 Å². The highest BCUT2D eigenvalue weighted by atomic mass is 32.2. The second kappa shape index (κ2) is 4.93. The molecule has 11 heavy (non-hydrogen) atoms. The van der Waals surface area contributed by atoms with Gasteiger partial charge in [0.2, 0.25) is 0 Å². The van der Waals surface area contributed by atoms with Gasteiger partial charge >= 0.3 is 5.97 Å². The highest BCUT2D eigenvalue weighted by Gasteiger charge is 2.19. The van der Waals surface area contributed by atoms with E-state index < -0.39 is 0 Å². The van der Waals surface area contributed by atoms with E-state index in [9.17, 15) is 4.79 Å². The summed E-state index contributed by atoms with van der Waals surface area (Å²) in [6.45, 7) is 2.34. The average molecular weight is 192 g/mol. The molecule has 4 heteroatoms. The van der Waals surface area contributed by atoms with Gasteiger partial charge in [0.15, 0.2) is 0 Å². The molecule has 2 nitrogen and oxygen atoms in total. The van der Waals surface area contributed by atoms with Crippen molar-refractivity contribution in [3.05, 3.63) is 0 Å². The van der Waals surface area contributed by atoms with Gasteiger partial charge in [-0.05, 0) is 6.92 Å². The molecule has 1 fully saturated rings. The van der Waals surface area contributed by atoms with Crippen LogP contribution < -0.4 is 0 Å². The second-order valence-corrected chi connectivity index (χ2v) is 5.10. The van der Waals surface area contributed by atoms with Crippen molar-refractivity contribution in [3.8, 4) is 0 Å². The van der Waals surface area contributed by atoms with Crippen molar-refractivity contribution >= 4 is 29.5 Å². The largest absolute Gasteiger partial charge is 0.466 e. The fourth-order valence-corrected chi connectivity index (χ4v) is 3.65. The fourth-order valence-electron chi connectivity index (χ4n) is 0.881. The molecule has 0 radical (unpaired) electrons. The summed E-state index contributed by atoms with van der Waals surface area (Å²) in [4.78, 5) is 11.0. The van der Waals surface area contributed by atoms with Crippen LogP contribution in [0.1, 0.15) is 13.3 Å². The number of hydrogen-bond donors (Lipinski definition) is 0. The molecule has 0 amide bonds. The van der Waals surface area contributed by atoms with Crippen LogP contribution in [0.5, 0.6) is 0 Å². The Hall–Kier alpha value is 0.170. The van der Waals surface area contributed by atoms with Gasteiger partial charge in [0, 0.05) is 11.5 Å². The SMILES string of the molecule is CCOC(=O)CC1SCCS1. The Morgan fingerprint density at radius 3 is 2.73 bits per heavy atom. The van der Waals surface area contributed by atoms with E-state index in [1.807, 2.05) is 30.4 Å². The van der Waals surface area contributed by atoms with E-state index in [1.54, 1.807) is 0 Å². The van der Waals surface area contributed by atoms with Gasteiger partial charge in [-0.2, -0.15) is 0 Å². The minimum Gasteiger partial charge on any atom is -0.466 e. The predicted molar refractivity (Wildman–Crippen MR) is 50.0 cm³/mol. The molecule has 0 aromatic heterocycles. The van der Waals surface area contributed by atoms with Gasteiger partial charge < -0.3 is 4.74 Å². The molecule has 0 aliphatic carbocycles. The molecule has 0 aromatic carbocycles. The normalized spacial score (nSPS) is 18.6. The minimum absolute atomic E-state index is 0.0561. The number of ether oxygens (including phenoxy) is 1. The molecule has 64 valence electrons. The summed E-state index contributed by atoms with van der Waals surface area (Å²) in [5.74, 6) is 2.29. The van der Waals surface area contributed by atoms with Gasteiger partial charge in [0.25, 0.3) is 0 Å². The highest BCUT2D eigenvalue weighted by molar-refractivity contribution is 8.20. The molecule has 0 spiro atoms. The van der Waals surface area contributed by atoms with Crippen molar-refractivity contribution in [3.63, 3.8) is 0 Å². The van der Waals surface area contributed by atoms with E-state index >= 15 is 0 Å². The summed E-state index contributed by atoms with van der Waals surface area (Å²) in [5.41, 5.74) is 0. The van der Waals surface area contributed by atoms with Gasteiger partial charge in [-0.3, -0.25) is 4.79 Å². The maximum Gasteiger partial charge on any atom is 0.307 e. The Morgan fingerprint density at radius 2 is 2.18 bits per heavy atom. The van der Waals surface area contributed by atoms with Gasteiger partial charge in [0.05, 0.1) is 17.6 Å². The number of carbonyl (C=O) groups excluding carboxylic acids is 1. The molecule has 1 aliphatic heterocycles. The lowest BCUT2D eigenvalue weighted by molar-refractivity contribution is -0.142. The number of thioether (sulfide) groups is 2. The smallest absolute Gasteiger partial charge is 0.307 e. The zero-order valence-corrected chi connectivity index (χ0v) is 8.17. The van der Waals surface area contributed by atoms with Gasteiger partial charge in [-0.25, -0.2) is 0 Å². The molecule has 1 heterocycles. The van der Waals surface area contributed by atoms with Crippen LogP contribution in [0.25, 0.3) is 0 Å². The topological polar surface area (TPSA) is 26.3 Å². The van der Waals surface area contributed by atoms with E-state index in [4.69, 9.17) is 4.74 Å². The van der Waals surface area contributed by atoms with E-state index in [2.05, 4.69) is 0 Å². The average Bonchev–Trinajstić information content (AvgIpc) is 2.40. The number of hydrogen-bond acceptors (Lipinski definition) is 4. The predicted octanol–water partition coefficient (Wildman–Crippen LogP) is 1.75. The van der Waals surface area contributed by atoms with E-state index in [-0.39, 0.29) is 5.97 Å². The lowest BCUT2D eigenvalue weighted by atomic mass is 10.5. The van der Waals surface area contributed by atoms with Crippen molar-refractivity contribution in [2.45, 2.75) is 17.9 Å². The lowest BCUT2D eigenvalue weighted by Crippen LogP contribution is -2.08. The minimum atomic E-state index is -0.0561. The fraction of sp³-hybridized carbons (Fsp3) is 0.857. The van der Waals surface area contributed by atoms with Crippen LogP contribution in [0.4, 0.5) is 0 Å². The van der Waals surface area contributed by atoms with Crippen molar-refractivity contribution in [1.82, 2.24) is 0 Å². The molecule has 0 atom stereocenters. The third-order valence-corrected chi connectivity index (χ3v) is 4.36. The molecule has 0 N–H and O–H groups in total. The summed E-state index contributed by atoms with van der Waals surface area (Å²) in [6.07, 6.45) is 0.573. The van der Waals surface area contributed by atoms with Crippen LogP contribution in [-0.2, 0) is 9.53 Å². The maximum absolute atomic E-state index is 11.0. The Balaban J connectivity index is 2.13. The van der Waals surface area contributed by atoms with Crippen LogP contribution in [0.15, 0.2) is 0 Å². The molecule has 0 saturated carbocycles. The molecule has 1 saturated heterocycles. The zero-order chi connectivity index (χ0) is 8.10. The first kappa shape index (κ1) is 9.26. The molecule has 1 aliphatic rings. The standard InChI is InChI=1S/C7H12O2S2/c1-2-9-6(8)5-7-10-3-4-11-7/h7H,2-5H2,1H3. The van der Waals surface area contributed by atoms with Crippen LogP contribution in [0.2, 0.25) is 0 Å². The van der Waals surface area contributed by atoms with E-state index in [1.165, 1.54) is 11.5 Å². The first-order valence-corrected chi connectivity index (χ1v) is 5.81. The summed E-state index contributed by atoms with van der Waals surface area (Å²) in [7, 11) is 0. The quantitative estimate of drug-likeness (QED) is 0.636. The Labute approximate surface area is 75.4 Å². The maximum atomic E-state index is 11.0. The molecule has 0 aromatic rings. The Morgan fingerprint density at radius 1 is 1.55 bits per heavy atom. The molecular formula is C7H12O2S2. The number of rotatable bonds is 3. The Bertz CT molecular complexity index is 132. The van der Waals surface area contributed by atoms with Crippen molar-refractivity contribution in [2.24, 2.45) is 0 Å². The summed E-state index contributed by atoms with van der Waals surface area (Å²) in [5, 5.41) is 0. The Kier molecular flexibility index (Phi) is 4.15. The monoisotopic (exact) mass is 192 g/mol. The highest BCUT2D eigenvalue weighted by Crippen LogP contribution is 2.34. The van der Waals surface area contributed by atoms with Crippen molar-refractivity contribution in [1.29, 1.82) is 0 Å². The number of esters is 1. The summed E-state index contributed by atoms with van der Waals surface area (Å²) in [6, 6.07) is 0. The summed E-state index contributed by atoms with van der Waals surface area (Å²) < 4.78 is 5.29. The van der Waals surface area contributed by atoms with Crippen LogP contribution >= 0.6 is 23.5 Å². The van der Waals surface area contributed by atoms with Gasteiger partial charge in [-0.15, -0.1) is 23.5 Å². The van der Waals surface area contributed by atoms with Gasteiger partial charge in [0.1, 0.15) is 0 Å². The molecule has 1 rings (SSSR count). The van der Waals surface area contributed by atoms with Gasteiger partial charge in [-0.1, -0.05) is 0 Å². The third-order valence-electron chi connectivity index (χ3n) is 1.33. The van der Waals surface area contributed by atoms with Crippen LogP contribution in [0.3, 0.4) is 0 Å². The number of carbonyl (C=O) groups is 1. The molecule has 0 bridgehead atoms. The van der Waals surface area contributed by atoms with Crippen molar-refractivity contribution < 1.29 is 9.53 Å². The van der Waals surface area contributed by atoms with E-state index in [0.717, 1.165) is 0 Å². The lowest BCUT2D eigenvalue weighted by Gasteiger charge is -2.05.